The lowest BCUT2D eigenvalue weighted by molar-refractivity contribution is -0.152. The van der Waals surface area contributed by atoms with E-state index in [1.54, 1.807) is 30.3 Å². The van der Waals surface area contributed by atoms with Crippen molar-refractivity contribution in [3.63, 3.8) is 0 Å². The Kier molecular flexibility index (Phi) is 32.0. The number of carboxylic acids is 1. The number of aromatic hydroxyl groups is 1. The molecule has 20 N–H and O–H groups in total. The van der Waals surface area contributed by atoms with Crippen LogP contribution in [0.15, 0.2) is 59.6 Å². The van der Waals surface area contributed by atoms with E-state index in [1.807, 2.05) is 0 Å². The van der Waals surface area contributed by atoms with Gasteiger partial charge in [-0.3, -0.25) is 76.9 Å². The number of rotatable bonds is 37. The quantitative estimate of drug-likeness (QED) is 0.0129. The number of carboxylic acid groups (broad SMARTS) is 1. The van der Waals surface area contributed by atoms with Gasteiger partial charge in [0.05, 0.1) is 26.2 Å². The summed E-state index contributed by atoms with van der Waals surface area (Å²) < 4.78 is 0. The van der Waals surface area contributed by atoms with Gasteiger partial charge in [-0.1, -0.05) is 42.5 Å². The van der Waals surface area contributed by atoms with Crippen molar-refractivity contribution in [3.05, 3.63) is 65.7 Å². The van der Waals surface area contributed by atoms with Gasteiger partial charge in [0.1, 0.15) is 78.3 Å². The number of thiol groups is 1. The van der Waals surface area contributed by atoms with Crippen LogP contribution in [0.4, 0.5) is 0 Å². The Morgan fingerprint density at radius 3 is 1.41 bits per heavy atom. The topological polar surface area (TPSA) is 575 Å². The Morgan fingerprint density at radius 1 is 0.500 bits per heavy atom. The van der Waals surface area contributed by atoms with Crippen molar-refractivity contribution in [1.29, 1.82) is 0 Å². The highest BCUT2D eigenvalue weighted by Gasteiger charge is 2.49. The number of aliphatic hydroxyl groups is 1. The number of likely N-dealkylation sites (tertiary alicyclic amines) is 5. The molecule has 7 rings (SSSR count). The summed E-state index contributed by atoms with van der Waals surface area (Å²) in [5.41, 5.74) is 22.6. The molecule has 5 heterocycles. The van der Waals surface area contributed by atoms with Crippen molar-refractivity contribution >= 4 is 113 Å². The zero-order valence-corrected chi connectivity index (χ0v) is 60.9. The number of nitrogens with one attached hydrogen (secondary N) is 9. The summed E-state index contributed by atoms with van der Waals surface area (Å²) in [5.74, 6) is -13.2. The average molecular weight is 1530 g/mol. The van der Waals surface area contributed by atoms with E-state index in [-0.39, 0.29) is 127 Å². The summed E-state index contributed by atoms with van der Waals surface area (Å²) in [7, 11) is 0. The van der Waals surface area contributed by atoms with Crippen molar-refractivity contribution in [2.75, 3.05) is 71.3 Å². The van der Waals surface area contributed by atoms with Crippen LogP contribution in [0.2, 0.25) is 0 Å². The Morgan fingerprint density at radius 2 is 0.917 bits per heavy atom. The number of phenols is 1. The third-order valence-electron chi connectivity index (χ3n) is 19.4. The molecule has 0 radical (unpaired) electrons. The molecular formula is C69H99N19O19S. The van der Waals surface area contributed by atoms with E-state index in [9.17, 15) is 92.0 Å². The maximum Gasteiger partial charge on any atom is 0.326 e. The fourth-order valence-electron chi connectivity index (χ4n) is 13.7. The molecule has 12 atom stereocenters. The fourth-order valence-corrected chi connectivity index (χ4v) is 14.0. The van der Waals surface area contributed by atoms with E-state index in [2.05, 4.69) is 65.5 Å². The number of amides is 15. The molecular weight excluding hydrogens is 1430 g/mol. The summed E-state index contributed by atoms with van der Waals surface area (Å²) in [4.78, 5) is 228. The molecule has 5 aliphatic heterocycles. The van der Waals surface area contributed by atoms with Gasteiger partial charge in [0.2, 0.25) is 88.6 Å². The molecule has 39 heteroatoms. The minimum Gasteiger partial charge on any atom is -0.508 e. The molecule has 5 aliphatic rings. The molecule has 0 bridgehead atoms. The predicted molar refractivity (Wildman–Crippen MR) is 387 cm³/mol. The molecule has 0 unspecified atom stereocenters. The fraction of sp³-hybridized carbons (Fsp3) is 0.580. The van der Waals surface area contributed by atoms with Crippen LogP contribution in [-0.2, 0) is 89.6 Å². The lowest BCUT2D eigenvalue weighted by atomic mass is 10.0. The summed E-state index contributed by atoms with van der Waals surface area (Å²) >= 11 is 4.21. The molecule has 0 saturated carbocycles. The number of aliphatic carboxylic acids is 1. The number of primary amides is 1. The minimum atomic E-state index is -1.63. The normalized spacial score (nSPS) is 20.1. The number of benzene rings is 2. The van der Waals surface area contributed by atoms with Gasteiger partial charge >= 0.3 is 5.97 Å². The third-order valence-corrected chi connectivity index (χ3v) is 19.8. The van der Waals surface area contributed by atoms with E-state index in [1.165, 1.54) is 55.7 Å². The number of phenolic OH excluding ortho intramolecular Hbond substituents is 1. The number of nitrogens with two attached hydrogens (primary N) is 4. The standard InChI is InChI=1S/C69H99N19O19S/c1-38(77-54(92)33-70)57(95)83-47(37-108)62(100)78-42(13-5-25-74-69(72)73)60(98)80-44(32-40-19-21-41(90)22-20-40)58(96)75-34-55(93)84-26-6-14-48(84)63(101)81-45(31-39-11-3-2-4-12-39)59(97)76-35-56(94)85-27-8-16-50(85)65(103)87-29-10-18-52(87)67(105)88-30-9-17-51(88)66(104)86-28-7-15-49(86)64(102)82-46(36-89)61(99)79-43(68(106)107)23-24-53(71)91/h2-4,11-12,19-22,38,42-52,89-90,108H,5-10,13-18,23-37,70H2,1H3,(H2,71,91)(H,75,96)(H,76,97)(H,77,92)(H,78,100)(H,79,99)(H,80,98)(H,81,101)(H,82,102)(H,83,95)(H,106,107)(H4,72,73,74)/t38-,42-,43-,44-,45-,46-,47-,48-,49-,50-,51-,52-/m0/s1. The Labute approximate surface area is 627 Å². The number of carbonyl (C=O) groups excluding carboxylic acids is 15. The monoisotopic (exact) mass is 1530 g/mol. The van der Waals surface area contributed by atoms with Crippen molar-refractivity contribution in [3.8, 4) is 5.75 Å². The lowest BCUT2D eigenvalue weighted by Crippen LogP contribution is -2.59. The molecule has 15 amide bonds. The number of aliphatic hydroxyl groups excluding tert-OH is 1. The first kappa shape index (κ1) is 84.6. The molecule has 108 heavy (non-hydrogen) atoms. The highest BCUT2D eigenvalue weighted by atomic mass is 32.1. The van der Waals surface area contributed by atoms with Gasteiger partial charge in [-0.2, -0.15) is 12.6 Å². The summed E-state index contributed by atoms with van der Waals surface area (Å²) in [5, 5.41) is 52.2. The first-order chi connectivity index (χ1) is 51.5. The number of guanidine groups is 1. The Hall–Kier alpha value is -10.7. The van der Waals surface area contributed by atoms with Gasteiger partial charge in [0, 0.05) is 64.3 Å². The summed E-state index contributed by atoms with van der Waals surface area (Å²) in [6.45, 7) is -0.627. The van der Waals surface area contributed by atoms with Gasteiger partial charge in [-0.05, 0) is 114 Å². The van der Waals surface area contributed by atoms with E-state index in [4.69, 9.17) is 22.9 Å². The maximum absolute atomic E-state index is 14.6. The highest BCUT2D eigenvalue weighted by Crippen LogP contribution is 2.31. The molecule has 0 aromatic heterocycles. The molecule has 2 aromatic rings. The van der Waals surface area contributed by atoms with Gasteiger partial charge in [-0.25, -0.2) is 4.79 Å². The van der Waals surface area contributed by atoms with Gasteiger partial charge in [-0.15, -0.1) is 0 Å². The molecule has 590 valence electrons. The van der Waals surface area contributed by atoms with Gasteiger partial charge in [0.15, 0.2) is 5.96 Å². The van der Waals surface area contributed by atoms with Crippen LogP contribution in [-0.4, -0.2) is 284 Å². The van der Waals surface area contributed by atoms with E-state index >= 15 is 0 Å². The number of nitrogens with zero attached hydrogens (tertiary/aromatic N) is 6. The number of hydrogen-bond acceptors (Lipinski definition) is 21. The Bertz CT molecular complexity index is 3650. The molecule has 2 aromatic carbocycles. The van der Waals surface area contributed by atoms with Crippen molar-refractivity contribution < 1.29 is 92.0 Å². The van der Waals surface area contributed by atoms with Crippen LogP contribution in [0.25, 0.3) is 0 Å². The number of carbonyl (C=O) groups is 16. The van der Waals surface area contributed by atoms with Gasteiger partial charge < -0.3 is 111 Å². The largest absolute Gasteiger partial charge is 0.508 e. The Balaban J connectivity index is 0.962. The molecule has 38 nitrogen and oxygen atoms in total. The predicted octanol–water partition coefficient (Wildman–Crippen LogP) is -6.94. The second-order valence-corrected chi connectivity index (χ2v) is 27.4. The minimum absolute atomic E-state index is 0.0212. The van der Waals surface area contributed by atoms with E-state index < -0.39 is 193 Å². The summed E-state index contributed by atoms with van der Waals surface area (Å²) in [6, 6.07) is -0.797. The number of hydrogen-bond donors (Lipinski definition) is 17. The van der Waals surface area contributed by atoms with Crippen molar-refractivity contribution in [2.45, 2.75) is 182 Å². The van der Waals surface area contributed by atoms with Crippen LogP contribution in [0.1, 0.15) is 108 Å². The molecule has 5 saturated heterocycles. The van der Waals surface area contributed by atoms with Crippen LogP contribution < -0.4 is 70.8 Å². The van der Waals surface area contributed by atoms with Crippen LogP contribution >= 0.6 is 12.6 Å². The third kappa shape index (κ3) is 23.6. The highest BCUT2D eigenvalue weighted by molar-refractivity contribution is 7.80. The van der Waals surface area contributed by atoms with E-state index in [0.29, 0.717) is 43.2 Å². The zero-order valence-electron chi connectivity index (χ0n) is 60.0. The smallest absolute Gasteiger partial charge is 0.326 e. The van der Waals surface area contributed by atoms with Crippen molar-refractivity contribution in [1.82, 2.24) is 72.4 Å². The summed E-state index contributed by atoms with van der Waals surface area (Å²) in [6.07, 6.45) is 2.00. The SMILES string of the molecule is C[C@H](NC(=O)CN)C(=O)N[C@@H](CS)C(=O)N[C@@H](CCCN=C(N)N)C(=O)N[C@@H](Cc1ccc(O)cc1)C(=O)NCC(=O)N1CCC[C@H]1C(=O)N[C@@H](Cc1ccccc1)C(=O)NCC(=O)N1CCC[C@H]1C(=O)N1CCC[C@H]1C(=O)N1CCC[C@H]1C(=O)N1CCC[C@H]1C(=O)N[C@@H](CO)C(=O)N[C@@H](CCC(N)=O)C(=O)O. The molecule has 0 aliphatic carbocycles. The number of aliphatic imine (C=N–C) groups is 1. The van der Waals surface area contributed by atoms with E-state index in [0.717, 1.165) is 0 Å². The van der Waals surface area contributed by atoms with Crippen LogP contribution in [0, 0.1) is 0 Å². The maximum atomic E-state index is 14.6. The van der Waals surface area contributed by atoms with Crippen LogP contribution in [0.5, 0.6) is 5.75 Å². The molecule has 5 fully saturated rings. The second-order valence-electron chi connectivity index (χ2n) is 27.1. The first-order valence-electron chi connectivity index (χ1n) is 36.0. The second kappa shape index (κ2) is 40.9. The molecule has 0 spiro atoms. The lowest BCUT2D eigenvalue weighted by Gasteiger charge is -2.35. The van der Waals surface area contributed by atoms with Crippen LogP contribution in [0.3, 0.4) is 0 Å². The van der Waals surface area contributed by atoms with Gasteiger partial charge in [0.25, 0.3) is 0 Å². The first-order valence-corrected chi connectivity index (χ1v) is 36.6. The van der Waals surface area contributed by atoms with Crippen molar-refractivity contribution in [2.24, 2.45) is 27.9 Å². The average Bonchev–Trinajstić information content (AvgIpc) is 1.63. The zero-order chi connectivity index (χ0) is 78.9.